The van der Waals surface area contributed by atoms with Gasteiger partial charge in [-0.15, -0.1) is 0 Å². The van der Waals surface area contributed by atoms with E-state index in [0.717, 1.165) is 39.0 Å². The minimum absolute atomic E-state index is 0.132. The molecule has 0 saturated carbocycles. The molecule has 0 aliphatic carbocycles. The average molecular weight is 283 g/mol. The molecule has 20 heavy (non-hydrogen) atoms. The molecular formula is C14H25N3O3. The Morgan fingerprint density at radius 3 is 2.40 bits per heavy atom. The summed E-state index contributed by atoms with van der Waals surface area (Å²) in [6, 6.07) is 0.594. The van der Waals surface area contributed by atoms with Gasteiger partial charge in [-0.2, -0.15) is 0 Å². The lowest BCUT2D eigenvalue weighted by atomic mass is 10.0. The summed E-state index contributed by atoms with van der Waals surface area (Å²) >= 11 is 0. The monoisotopic (exact) mass is 283 g/mol. The Balaban J connectivity index is 1.78. The molecule has 114 valence electrons. The lowest BCUT2D eigenvalue weighted by Gasteiger charge is -2.25. The van der Waals surface area contributed by atoms with Crippen molar-refractivity contribution in [3.63, 3.8) is 0 Å². The van der Waals surface area contributed by atoms with Gasteiger partial charge in [0.05, 0.1) is 0 Å². The summed E-state index contributed by atoms with van der Waals surface area (Å²) in [5.41, 5.74) is 0. The van der Waals surface area contributed by atoms with E-state index in [4.69, 9.17) is 5.11 Å². The van der Waals surface area contributed by atoms with Gasteiger partial charge in [0.25, 0.3) is 0 Å². The third-order valence-corrected chi connectivity index (χ3v) is 4.49. The standard InChI is InChI=1S/C14H25N3O3/c1-15(2)12-6-8-17(10-12)14(20)16-7-5-11(9-16)3-4-13(18)19/h11-12H,3-10H2,1-2H3,(H,18,19). The van der Waals surface area contributed by atoms with E-state index in [1.165, 1.54) is 0 Å². The number of urea groups is 1. The number of carboxylic acids is 1. The number of hydrogen-bond acceptors (Lipinski definition) is 3. The van der Waals surface area contributed by atoms with Crippen LogP contribution in [0.3, 0.4) is 0 Å². The molecule has 2 aliphatic heterocycles. The number of likely N-dealkylation sites (tertiary alicyclic amines) is 2. The van der Waals surface area contributed by atoms with Gasteiger partial charge >= 0.3 is 12.0 Å². The van der Waals surface area contributed by atoms with Crippen molar-refractivity contribution in [3.05, 3.63) is 0 Å². The molecule has 2 saturated heterocycles. The number of carbonyl (C=O) groups is 2. The van der Waals surface area contributed by atoms with E-state index in [1.807, 2.05) is 9.80 Å². The van der Waals surface area contributed by atoms with Gasteiger partial charge < -0.3 is 19.8 Å². The summed E-state index contributed by atoms with van der Waals surface area (Å²) in [6.07, 6.45) is 2.86. The Kier molecular flexibility index (Phi) is 4.86. The molecule has 2 fully saturated rings. The molecule has 0 bridgehead atoms. The zero-order valence-electron chi connectivity index (χ0n) is 12.4. The number of rotatable bonds is 4. The van der Waals surface area contributed by atoms with Crippen LogP contribution in [-0.4, -0.2) is 78.1 Å². The maximum Gasteiger partial charge on any atom is 0.320 e. The fraction of sp³-hybridized carbons (Fsp3) is 0.857. The van der Waals surface area contributed by atoms with Crippen LogP contribution in [0.1, 0.15) is 25.7 Å². The van der Waals surface area contributed by atoms with Crippen LogP contribution in [0, 0.1) is 5.92 Å². The number of likely N-dealkylation sites (N-methyl/N-ethyl adjacent to an activating group) is 1. The SMILES string of the molecule is CN(C)C1CCN(C(=O)N2CCC(CCC(=O)O)C2)C1. The maximum atomic E-state index is 12.4. The molecule has 0 aromatic heterocycles. The molecule has 0 aromatic rings. The minimum atomic E-state index is -0.747. The van der Waals surface area contributed by atoms with Gasteiger partial charge in [0.15, 0.2) is 0 Å². The largest absolute Gasteiger partial charge is 0.481 e. The first-order chi connectivity index (χ1) is 9.47. The van der Waals surface area contributed by atoms with Gasteiger partial charge in [0.1, 0.15) is 0 Å². The van der Waals surface area contributed by atoms with Gasteiger partial charge in [-0.05, 0) is 39.3 Å². The number of carboxylic acid groups (broad SMARTS) is 1. The quantitative estimate of drug-likeness (QED) is 0.833. The molecule has 6 heteroatoms. The highest BCUT2D eigenvalue weighted by atomic mass is 16.4. The normalized spacial score (nSPS) is 26.6. The van der Waals surface area contributed by atoms with E-state index in [-0.39, 0.29) is 12.5 Å². The Morgan fingerprint density at radius 1 is 1.15 bits per heavy atom. The van der Waals surface area contributed by atoms with Gasteiger partial charge in [-0.25, -0.2) is 4.79 Å². The second-order valence-electron chi connectivity index (χ2n) is 6.17. The summed E-state index contributed by atoms with van der Waals surface area (Å²) in [4.78, 5) is 29.0. The van der Waals surface area contributed by atoms with Crippen molar-refractivity contribution in [2.45, 2.75) is 31.7 Å². The average Bonchev–Trinajstić information content (AvgIpc) is 3.05. The zero-order valence-corrected chi connectivity index (χ0v) is 12.4. The molecule has 0 radical (unpaired) electrons. The highest BCUT2D eigenvalue weighted by Gasteiger charge is 2.33. The van der Waals surface area contributed by atoms with Crippen molar-refractivity contribution in [2.75, 3.05) is 40.3 Å². The molecule has 2 atom stereocenters. The van der Waals surface area contributed by atoms with Crippen LogP contribution in [0.4, 0.5) is 4.79 Å². The van der Waals surface area contributed by atoms with Crippen LogP contribution in [0.5, 0.6) is 0 Å². The third kappa shape index (κ3) is 3.62. The second-order valence-corrected chi connectivity index (χ2v) is 6.17. The molecule has 2 rings (SSSR count). The predicted molar refractivity (Wildman–Crippen MR) is 75.6 cm³/mol. The molecular weight excluding hydrogens is 258 g/mol. The minimum Gasteiger partial charge on any atom is -0.481 e. The number of aliphatic carboxylic acids is 1. The summed E-state index contributed by atoms with van der Waals surface area (Å²) in [7, 11) is 4.10. The van der Waals surface area contributed by atoms with E-state index in [0.29, 0.717) is 18.4 Å². The van der Waals surface area contributed by atoms with E-state index in [1.54, 1.807) is 0 Å². The molecule has 0 aromatic carbocycles. The molecule has 0 spiro atoms. The molecule has 1 N–H and O–H groups in total. The van der Waals surface area contributed by atoms with Gasteiger partial charge in [0.2, 0.25) is 0 Å². The van der Waals surface area contributed by atoms with Crippen LogP contribution >= 0.6 is 0 Å². The van der Waals surface area contributed by atoms with Crippen LogP contribution in [0.2, 0.25) is 0 Å². The molecule has 2 unspecified atom stereocenters. The van der Waals surface area contributed by atoms with Gasteiger partial charge in [0, 0.05) is 38.6 Å². The fourth-order valence-corrected chi connectivity index (χ4v) is 3.11. The van der Waals surface area contributed by atoms with Crippen molar-refractivity contribution >= 4 is 12.0 Å². The second kappa shape index (κ2) is 6.43. The zero-order chi connectivity index (χ0) is 14.7. The number of carbonyl (C=O) groups excluding carboxylic acids is 1. The van der Waals surface area contributed by atoms with E-state index in [9.17, 15) is 9.59 Å². The molecule has 2 heterocycles. The van der Waals surface area contributed by atoms with Crippen LogP contribution in [0.25, 0.3) is 0 Å². The van der Waals surface area contributed by atoms with Crippen molar-refractivity contribution in [1.82, 2.24) is 14.7 Å². The lowest BCUT2D eigenvalue weighted by molar-refractivity contribution is -0.137. The summed E-state index contributed by atoms with van der Waals surface area (Å²) in [6.45, 7) is 3.13. The van der Waals surface area contributed by atoms with Gasteiger partial charge in [-0.3, -0.25) is 4.79 Å². The predicted octanol–water partition coefficient (Wildman–Crippen LogP) is 0.929. The van der Waals surface area contributed by atoms with E-state index < -0.39 is 5.97 Å². The van der Waals surface area contributed by atoms with E-state index in [2.05, 4.69) is 19.0 Å². The highest BCUT2D eigenvalue weighted by molar-refractivity contribution is 5.75. The van der Waals surface area contributed by atoms with Crippen LogP contribution in [0.15, 0.2) is 0 Å². The summed E-state index contributed by atoms with van der Waals surface area (Å²) in [5.74, 6) is -0.398. The highest BCUT2D eigenvalue weighted by Crippen LogP contribution is 2.23. The Bertz CT molecular complexity index is 373. The number of amides is 2. The summed E-state index contributed by atoms with van der Waals surface area (Å²) in [5, 5.41) is 8.71. The Hall–Kier alpha value is -1.30. The number of nitrogens with zero attached hydrogens (tertiary/aromatic N) is 3. The number of hydrogen-bond donors (Lipinski definition) is 1. The van der Waals surface area contributed by atoms with Gasteiger partial charge in [-0.1, -0.05) is 0 Å². The first-order valence-electron chi connectivity index (χ1n) is 7.39. The van der Waals surface area contributed by atoms with Crippen molar-refractivity contribution in [3.8, 4) is 0 Å². The first-order valence-corrected chi connectivity index (χ1v) is 7.39. The lowest BCUT2D eigenvalue weighted by Crippen LogP contribution is -2.42. The van der Waals surface area contributed by atoms with Crippen molar-refractivity contribution in [1.29, 1.82) is 0 Å². The third-order valence-electron chi connectivity index (χ3n) is 4.49. The molecule has 2 amide bonds. The smallest absolute Gasteiger partial charge is 0.320 e. The topological polar surface area (TPSA) is 64.1 Å². The fourth-order valence-electron chi connectivity index (χ4n) is 3.11. The van der Waals surface area contributed by atoms with Crippen molar-refractivity contribution < 1.29 is 14.7 Å². The molecule has 6 nitrogen and oxygen atoms in total. The van der Waals surface area contributed by atoms with Crippen molar-refractivity contribution in [2.24, 2.45) is 5.92 Å². The summed E-state index contributed by atoms with van der Waals surface area (Å²) < 4.78 is 0. The first kappa shape index (κ1) is 15.1. The van der Waals surface area contributed by atoms with E-state index >= 15 is 0 Å². The molecule has 2 aliphatic rings. The maximum absolute atomic E-state index is 12.4. The van der Waals surface area contributed by atoms with Crippen LogP contribution < -0.4 is 0 Å². The Morgan fingerprint density at radius 2 is 1.80 bits per heavy atom. The Labute approximate surface area is 120 Å². The van der Waals surface area contributed by atoms with Crippen LogP contribution in [-0.2, 0) is 4.79 Å².